The van der Waals surface area contributed by atoms with Crippen molar-refractivity contribution in [1.29, 1.82) is 0 Å². The molecule has 0 atom stereocenters. The molecular formula is C6H6N2O. The molecule has 0 unspecified atom stereocenters. The van der Waals surface area contributed by atoms with Gasteiger partial charge in [-0.25, -0.2) is 0 Å². The van der Waals surface area contributed by atoms with Crippen molar-refractivity contribution < 1.29 is 4.74 Å². The van der Waals surface area contributed by atoms with Gasteiger partial charge in [0.1, 0.15) is 0 Å². The Bertz CT molecular complexity index is 197. The van der Waals surface area contributed by atoms with Crippen molar-refractivity contribution in [2.24, 2.45) is 0 Å². The van der Waals surface area contributed by atoms with Crippen LogP contribution in [-0.4, -0.2) is 16.8 Å². The van der Waals surface area contributed by atoms with E-state index in [2.05, 4.69) is 16.1 Å². The van der Waals surface area contributed by atoms with E-state index in [1.165, 1.54) is 0 Å². The summed E-state index contributed by atoms with van der Waals surface area (Å²) in [5, 5.41) is 6.31. The Kier molecular flexibility index (Phi) is 1.76. The highest BCUT2D eigenvalue weighted by atomic mass is 16.5. The van der Waals surface area contributed by atoms with E-state index < -0.39 is 0 Å². The zero-order valence-corrected chi connectivity index (χ0v) is 4.79. The third-order valence-corrected chi connectivity index (χ3v) is 0.779. The molecular weight excluding hydrogens is 116 g/mol. The van der Waals surface area contributed by atoms with Crippen molar-refractivity contribution in [3.05, 3.63) is 12.3 Å². The van der Waals surface area contributed by atoms with Crippen molar-refractivity contribution in [3.63, 3.8) is 0 Å². The van der Waals surface area contributed by atoms with Crippen LogP contribution in [0.4, 0.5) is 0 Å². The zero-order valence-electron chi connectivity index (χ0n) is 4.79. The molecule has 0 spiro atoms. The van der Waals surface area contributed by atoms with Crippen molar-refractivity contribution in [1.82, 2.24) is 10.2 Å². The van der Waals surface area contributed by atoms with Gasteiger partial charge in [0.2, 0.25) is 5.88 Å². The molecule has 0 fully saturated rings. The summed E-state index contributed by atoms with van der Waals surface area (Å²) in [6.07, 6.45) is 6.60. The molecule has 0 saturated carbocycles. The fraction of sp³-hybridized carbons (Fsp3) is 0.167. The number of hydrogen-bond acceptors (Lipinski definition) is 2. The molecule has 0 aliphatic rings. The topological polar surface area (TPSA) is 37.9 Å². The minimum absolute atomic E-state index is 0.269. The third kappa shape index (κ3) is 1.50. The molecule has 9 heavy (non-hydrogen) atoms. The molecule has 0 radical (unpaired) electrons. The summed E-state index contributed by atoms with van der Waals surface area (Å²) < 4.78 is 4.92. The van der Waals surface area contributed by atoms with Gasteiger partial charge >= 0.3 is 0 Å². The van der Waals surface area contributed by atoms with Crippen LogP contribution in [0.25, 0.3) is 0 Å². The number of aromatic amines is 1. The fourth-order valence-electron chi connectivity index (χ4n) is 0.443. The molecule has 1 rings (SSSR count). The molecule has 0 aliphatic heterocycles. The number of nitrogens with zero attached hydrogens (tertiary/aromatic N) is 1. The summed E-state index contributed by atoms with van der Waals surface area (Å²) in [5.74, 6) is 2.86. The highest BCUT2D eigenvalue weighted by Gasteiger charge is 1.88. The van der Waals surface area contributed by atoms with Gasteiger partial charge < -0.3 is 4.74 Å². The Morgan fingerprint density at radius 3 is 3.33 bits per heavy atom. The van der Waals surface area contributed by atoms with Crippen LogP contribution in [0.5, 0.6) is 5.88 Å². The Morgan fingerprint density at radius 1 is 1.89 bits per heavy atom. The van der Waals surface area contributed by atoms with E-state index in [0.717, 1.165) is 0 Å². The first-order valence-electron chi connectivity index (χ1n) is 2.49. The number of ether oxygens (including phenoxy) is 1. The highest BCUT2D eigenvalue weighted by molar-refractivity contribution is 5.05. The molecule has 0 saturated heterocycles. The largest absolute Gasteiger partial charge is 0.463 e. The third-order valence-electron chi connectivity index (χ3n) is 0.779. The summed E-state index contributed by atoms with van der Waals surface area (Å²) in [6.45, 7) is 0.269. The second kappa shape index (κ2) is 2.78. The summed E-state index contributed by atoms with van der Waals surface area (Å²) in [5.41, 5.74) is 0. The maximum Gasteiger partial charge on any atom is 0.233 e. The van der Waals surface area contributed by atoms with Crippen LogP contribution in [0.15, 0.2) is 12.3 Å². The predicted octanol–water partition coefficient (Wildman–Crippen LogP) is 0.422. The summed E-state index contributed by atoms with van der Waals surface area (Å²) in [4.78, 5) is 0. The molecule has 0 aliphatic carbocycles. The van der Waals surface area contributed by atoms with Gasteiger partial charge in [0, 0.05) is 12.3 Å². The highest BCUT2D eigenvalue weighted by Crippen LogP contribution is 2.00. The van der Waals surface area contributed by atoms with Crippen LogP contribution in [0.3, 0.4) is 0 Å². The molecule has 0 amide bonds. The standard InChI is InChI=1S/C6H6N2O/c1-2-5-9-6-3-4-7-8-6/h1,3-4H,5H2,(H,7,8). The number of hydrogen-bond donors (Lipinski definition) is 1. The molecule has 3 nitrogen and oxygen atoms in total. The van der Waals surface area contributed by atoms with Gasteiger partial charge in [0.15, 0.2) is 6.61 Å². The van der Waals surface area contributed by atoms with Crippen LogP contribution in [0, 0.1) is 12.3 Å². The Hall–Kier alpha value is -1.43. The summed E-state index contributed by atoms with van der Waals surface area (Å²) in [6, 6.07) is 1.71. The van der Waals surface area contributed by atoms with E-state index in [1.54, 1.807) is 12.3 Å². The lowest BCUT2D eigenvalue weighted by molar-refractivity contribution is 0.355. The first-order chi connectivity index (χ1) is 4.43. The predicted molar refractivity (Wildman–Crippen MR) is 32.9 cm³/mol. The minimum atomic E-state index is 0.269. The average molecular weight is 122 g/mol. The number of nitrogens with one attached hydrogen (secondary N) is 1. The number of terminal acetylenes is 1. The normalized spacial score (nSPS) is 8.33. The van der Waals surface area contributed by atoms with Gasteiger partial charge in [0.05, 0.1) is 0 Å². The van der Waals surface area contributed by atoms with Crippen molar-refractivity contribution in [2.45, 2.75) is 0 Å². The van der Waals surface area contributed by atoms with Crippen molar-refractivity contribution in [2.75, 3.05) is 6.61 Å². The first-order valence-corrected chi connectivity index (χ1v) is 2.49. The molecule has 1 aromatic rings. The van der Waals surface area contributed by atoms with Gasteiger partial charge in [0.25, 0.3) is 0 Å². The maximum absolute atomic E-state index is 4.93. The quantitative estimate of drug-likeness (QED) is 0.577. The smallest absolute Gasteiger partial charge is 0.233 e. The van der Waals surface area contributed by atoms with Gasteiger partial charge in [-0.1, -0.05) is 5.92 Å². The van der Waals surface area contributed by atoms with E-state index >= 15 is 0 Å². The van der Waals surface area contributed by atoms with Gasteiger partial charge in [-0.3, -0.25) is 5.10 Å². The first kappa shape index (κ1) is 5.70. The van der Waals surface area contributed by atoms with Gasteiger partial charge in [-0.2, -0.15) is 0 Å². The van der Waals surface area contributed by atoms with E-state index in [1.807, 2.05) is 0 Å². The number of aromatic nitrogens is 2. The molecule has 1 heterocycles. The fourth-order valence-corrected chi connectivity index (χ4v) is 0.443. The Balaban J connectivity index is 2.41. The van der Waals surface area contributed by atoms with Crippen LogP contribution in [0.2, 0.25) is 0 Å². The molecule has 1 N–H and O–H groups in total. The molecule has 0 aromatic carbocycles. The van der Waals surface area contributed by atoms with Crippen LogP contribution >= 0.6 is 0 Å². The number of rotatable bonds is 2. The Labute approximate surface area is 53.0 Å². The lowest BCUT2D eigenvalue weighted by Gasteiger charge is -1.91. The Morgan fingerprint density at radius 2 is 2.78 bits per heavy atom. The average Bonchev–Trinajstić information content (AvgIpc) is 2.34. The number of H-pyrrole nitrogens is 1. The second-order valence-electron chi connectivity index (χ2n) is 1.41. The van der Waals surface area contributed by atoms with Gasteiger partial charge in [-0.05, 0) is 0 Å². The minimum Gasteiger partial charge on any atom is -0.463 e. The summed E-state index contributed by atoms with van der Waals surface area (Å²) in [7, 11) is 0. The SMILES string of the molecule is C#CCOc1cc[nH]n1. The van der Waals surface area contributed by atoms with E-state index in [0.29, 0.717) is 5.88 Å². The molecule has 3 heteroatoms. The van der Waals surface area contributed by atoms with Crippen LogP contribution in [-0.2, 0) is 0 Å². The lowest BCUT2D eigenvalue weighted by atomic mass is 10.7. The maximum atomic E-state index is 4.93. The van der Waals surface area contributed by atoms with E-state index in [-0.39, 0.29) is 6.61 Å². The lowest BCUT2D eigenvalue weighted by Crippen LogP contribution is -1.92. The molecule has 1 aromatic heterocycles. The molecule has 46 valence electrons. The molecule has 0 bridgehead atoms. The van der Waals surface area contributed by atoms with E-state index in [9.17, 15) is 0 Å². The van der Waals surface area contributed by atoms with Crippen LogP contribution in [0.1, 0.15) is 0 Å². The van der Waals surface area contributed by atoms with Crippen LogP contribution < -0.4 is 4.74 Å². The monoisotopic (exact) mass is 122 g/mol. The van der Waals surface area contributed by atoms with Gasteiger partial charge in [-0.15, -0.1) is 11.5 Å². The van der Waals surface area contributed by atoms with E-state index in [4.69, 9.17) is 11.2 Å². The summed E-state index contributed by atoms with van der Waals surface area (Å²) >= 11 is 0. The zero-order chi connectivity index (χ0) is 6.53. The van der Waals surface area contributed by atoms with Crippen molar-refractivity contribution >= 4 is 0 Å². The second-order valence-corrected chi connectivity index (χ2v) is 1.41. The van der Waals surface area contributed by atoms with Crippen molar-refractivity contribution in [3.8, 4) is 18.2 Å².